The van der Waals surface area contributed by atoms with Crippen molar-refractivity contribution in [2.45, 2.75) is 96.2 Å². The third-order valence-electron chi connectivity index (χ3n) is 10.9. The SMILES string of the molecule is C=C(CCCCCNC(=O)CC(CNCCN)CNCCN)NCC(=O)N1CCC[C@H]1B1OC2C[C@@H]3C[C@@H](C3(C)C)[C@]2(C)O1. The van der Waals surface area contributed by atoms with E-state index in [2.05, 4.69) is 48.6 Å². The van der Waals surface area contributed by atoms with Gasteiger partial charge in [-0.2, -0.15) is 0 Å². The maximum Gasteiger partial charge on any atom is 0.481 e. The molecule has 1 unspecified atom stereocenters. The Morgan fingerprint density at radius 1 is 1.02 bits per heavy atom. The molecule has 5 fully saturated rings. The predicted octanol–water partition coefficient (Wildman–Crippen LogP) is 1.13. The van der Waals surface area contributed by atoms with E-state index in [-0.39, 0.29) is 49.0 Å². The number of rotatable bonds is 20. The van der Waals surface area contributed by atoms with E-state index in [0.29, 0.717) is 43.3 Å². The minimum absolute atomic E-state index is 0.0183. The molecule has 2 heterocycles. The van der Waals surface area contributed by atoms with Crippen molar-refractivity contribution in [3.8, 4) is 0 Å². The number of unbranched alkanes of at least 4 members (excludes halogenated alkanes) is 2. The van der Waals surface area contributed by atoms with Gasteiger partial charge >= 0.3 is 7.12 Å². The number of carbonyl (C=O) groups is 2. The molecule has 0 aromatic rings. The summed E-state index contributed by atoms with van der Waals surface area (Å²) in [4.78, 5) is 27.7. The van der Waals surface area contributed by atoms with Crippen molar-refractivity contribution in [3.05, 3.63) is 12.3 Å². The van der Waals surface area contributed by atoms with Gasteiger partial charge in [-0.05, 0) is 88.1 Å². The Bertz CT molecular complexity index is 961. The number of hydrogen-bond donors (Lipinski definition) is 6. The zero-order valence-corrected chi connectivity index (χ0v) is 27.6. The lowest BCUT2D eigenvalue weighted by atomic mass is 9.43. The monoisotopic (exact) mass is 617 g/mol. The molecule has 2 amide bonds. The fourth-order valence-electron chi connectivity index (χ4n) is 8.07. The first kappa shape index (κ1) is 35.2. The third-order valence-corrected chi connectivity index (χ3v) is 10.9. The van der Waals surface area contributed by atoms with E-state index in [1.54, 1.807) is 0 Å². The Morgan fingerprint density at radius 2 is 1.75 bits per heavy atom. The number of carbonyl (C=O) groups excluding carboxylic acids is 2. The van der Waals surface area contributed by atoms with Crippen molar-refractivity contribution < 1.29 is 18.9 Å². The summed E-state index contributed by atoms with van der Waals surface area (Å²) in [7, 11) is -0.332. The number of nitrogens with one attached hydrogen (secondary N) is 4. The quantitative estimate of drug-likeness (QED) is 0.0871. The van der Waals surface area contributed by atoms with Crippen LogP contribution in [0.2, 0.25) is 0 Å². The molecule has 5 aliphatic rings. The van der Waals surface area contributed by atoms with E-state index in [1.165, 1.54) is 6.42 Å². The number of nitrogens with two attached hydrogens (primary N) is 2. The molecule has 5 atom stereocenters. The molecule has 0 aromatic heterocycles. The number of allylic oxidation sites excluding steroid dienone is 1. The lowest BCUT2D eigenvalue weighted by molar-refractivity contribution is -0.199. The highest BCUT2D eigenvalue weighted by molar-refractivity contribution is 6.48. The van der Waals surface area contributed by atoms with Crippen LogP contribution in [-0.2, 0) is 18.9 Å². The van der Waals surface area contributed by atoms with E-state index in [0.717, 1.165) is 83.4 Å². The van der Waals surface area contributed by atoms with Crippen LogP contribution in [0.5, 0.6) is 0 Å². The molecule has 44 heavy (non-hydrogen) atoms. The zero-order valence-electron chi connectivity index (χ0n) is 27.6. The molecule has 12 heteroatoms. The van der Waals surface area contributed by atoms with Crippen molar-refractivity contribution in [2.75, 3.05) is 58.9 Å². The lowest BCUT2D eigenvalue weighted by Gasteiger charge is -2.64. The predicted molar refractivity (Wildman–Crippen MR) is 175 cm³/mol. The molecular weight excluding hydrogens is 557 g/mol. The van der Waals surface area contributed by atoms with Crippen molar-refractivity contribution in [1.82, 2.24) is 26.2 Å². The second-order valence-electron chi connectivity index (χ2n) is 14.3. The van der Waals surface area contributed by atoms with Gasteiger partial charge in [0.05, 0.1) is 24.2 Å². The Labute approximate surface area is 265 Å². The molecule has 0 spiro atoms. The first-order valence-electron chi connectivity index (χ1n) is 17.2. The Hall–Kier alpha value is -1.70. The highest BCUT2D eigenvalue weighted by Crippen LogP contribution is 2.65. The van der Waals surface area contributed by atoms with Crippen LogP contribution in [0.4, 0.5) is 0 Å². The van der Waals surface area contributed by atoms with E-state index in [1.807, 2.05) is 4.90 Å². The molecule has 11 nitrogen and oxygen atoms in total. The van der Waals surface area contributed by atoms with Gasteiger partial charge in [0.25, 0.3) is 0 Å². The van der Waals surface area contributed by atoms with Gasteiger partial charge in [0.2, 0.25) is 11.8 Å². The summed E-state index contributed by atoms with van der Waals surface area (Å²) >= 11 is 0. The Morgan fingerprint density at radius 3 is 2.43 bits per heavy atom. The summed E-state index contributed by atoms with van der Waals surface area (Å²) in [5.41, 5.74) is 12.1. The standard InChI is InChI=1S/C32H60BN7O4/c1-23(9-6-5-7-13-38-29(41)17-24(20-36-14-11-34)21-37-15-12-35)39-22-30(42)40-16-8-10-28(40)33-43-27-19-25-18-26(31(25,2)3)32(27,4)44-33/h24-28,36-37,39H,1,5-22,34-35H2,2-4H3,(H,38,41)/t25-,26-,27?,28-,32-/m0/s1. The maximum absolute atomic E-state index is 13.2. The summed E-state index contributed by atoms with van der Waals surface area (Å²) < 4.78 is 13.2. The topological polar surface area (TPSA) is 156 Å². The van der Waals surface area contributed by atoms with Crippen LogP contribution in [0.25, 0.3) is 0 Å². The normalized spacial score (nSPS) is 28.6. The lowest BCUT2D eigenvalue weighted by Crippen LogP contribution is -2.65. The summed E-state index contributed by atoms with van der Waals surface area (Å²) in [6.07, 6.45) is 8.46. The van der Waals surface area contributed by atoms with Gasteiger partial charge in [-0.1, -0.05) is 26.8 Å². The molecule has 2 saturated heterocycles. The van der Waals surface area contributed by atoms with Crippen molar-refractivity contribution >= 4 is 18.9 Å². The Balaban J connectivity index is 1.08. The van der Waals surface area contributed by atoms with E-state index in [4.69, 9.17) is 20.8 Å². The van der Waals surface area contributed by atoms with Crippen LogP contribution >= 0.6 is 0 Å². The molecule has 2 bridgehead atoms. The van der Waals surface area contributed by atoms with E-state index in [9.17, 15) is 9.59 Å². The first-order chi connectivity index (χ1) is 21.1. The largest absolute Gasteiger partial charge is 0.481 e. The number of hydrogen-bond acceptors (Lipinski definition) is 9. The molecule has 0 radical (unpaired) electrons. The number of likely N-dealkylation sites (tertiary alicyclic amines) is 1. The molecule has 250 valence electrons. The van der Waals surface area contributed by atoms with Gasteiger partial charge in [0, 0.05) is 51.4 Å². The second-order valence-corrected chi connectivity index (χ2v) is 14.3. The minimum Gasteiger partial charge on any atom is -0.404 e. The molecular formula is C32H60BN7O4. The van der Waals surface area contributed by atoms with E-state index < -0.39 is 0 Å². The summed E-state index contributed by atoms with van der Waals surface area (Å²) in [6, 6.07) is 0. The average Bonchev–Trinajstić information content (AvgIpc) is 3.62. The summed E-state index contributed by atoms with van der Waals surface area (Å²) in [5.74, 6) is 1.57. The molecule has 2 aliphatic heterocycles. The first-order valence-corrected chi connectivity index (χ1v) is 17.2. The van der Waals surface area contributed by atoms with Crippen LogP contribution in [0.1, 0.15) is 78.6 Å². The van der Waals surface area contributed by atoms with Crippen molar-refractivity contribution in [2.24, 2.45) is 34.6 Å². The van der Waals surface area contributed by atoms with Crippen LogP contribution in [0, 0.1) is 23.2 Å². The van der Waals surface area contributed by atoms with Gasteiger partial charge in [-0.3, -0.25) is 9.59 Å². The van der Waals surface area contributed by atoms with Crippen LogP contribution < -0.4 is 32.7 Å². The van der Waals surface area contributed by atoms with Crippen LogP contribution in [0.3, 0.4) is 0 Å². The second kappa shape index (κ2) is 16.2. The molecule has 3 saturated carbocycles. The molecule has 3 aliphatic carbocycles. The van der Waals surface area contributed by atoms with Gasteiger partial charge in [0.15, 0.2) is 0 Å². The highest BCUT2D eigenvalue weighted by atomic mass is 16.7. The zero-order chi connectivity index (χ0) is 31.7. The van der Waals surface area contributed by atoms with Gasteiger partial charge in [-0.15, -0.1) is 0 Å². The summed E-state index contributed by atoms with van der Waals surface area (Å²) in [6.45, 7) is 16.9. The smallest absolute Gasteiger partial charge is 0.404 e. The van der Waals surface area contributed by atoms with Gasteiger partial charge in [0.1, 0.15) is 0 Å². The number of nitrogens with zero attached hydrogens (tertiary/aromatic N) is 1. The minimum atomic E-state index is -0.332. The highest BCUT2D eigenvalue weighted by Gasteiger charge is 2.69. The van der Waals surface area contributed by atoms with Gasteiger partial charge in [-0.25, -0.2) is 0 Å². The molecule has 5 rings (SSSR count). The maximum atomic E-state index is 13.2. The third kappa shape index (κ3) is 8.56. The number of amides is 2. The van der Waals surface area contributed by atoms with Crippen LogP contribution in [0.15, 0.2) is 12.3 Å². The molecule has 0 aromatic carbocycles. The van der Waals surface area contributed by atoms with Crippen molar-refractivity contribution in [3.63, 3.8) is 0 Å². The Kier molecular flexibility index (Phi) is 13.0. The van der Waals surface area contributed by atoms with Crippen molar-refractivity contribution in [1.29, 1.82) is 0 Å². The van der Waals surface area contributed by atoms with Gasteiger partial charge < -0.3 is 46.9 Å². The molecule has 8 N–H and O–H groups in total. The summed E-state index contributed by atoms with van der Waals surface area (Å²) in [5, 5.41) is 12.9. The fourth-order valence-corrected chi connectivity index (χ4v) is 8.07. The average molecular weight is 618 g/mol. The van der Waals surface area contributed by atoms with E-state index >= 15 is 0 Å². The van der Waals surface area contributed by atoms with Crippen LogP contribution in [-0.4, -0.2) is 100 Å². The fraction of sp³-hybridized carbons (Fsp3) is 0.875.